The molecule has 3 nitrogen and oxygen atoms in total. The van der Waals surface area contributed by atoms with Crippen molar-refractivity contribution in [2.75, 3.05) is 13.2 Å². The van der Waals surface area contributed by atoms with Crippen LogP contribution in [0, 0.1) is 5.41 Å². The zero-order valence-electron chi connectivity index (χ0n) is 11.7. The second-order valence-electron chi connectivity index (χ2n) is 6.43. The fourth-order valence-electron chi connectivity index (χ4n) is 3.46. The Kier molecular flexibility index (Phi) is 3.94. The summed E-state index contributed by atoms with van der Waals surface area (Å²) in [5, 5.41) is 9.87. The average molecular weight is 263 g/mol. The van der Waals surface area contributed by atoms with Gasteiger partial charge in [-0.05, 0) is 37.8 Å². The van der Waals surface area contributed by atoms with Crippen LogP contribution in [-0.2, 0) is 6.54 Å². The maximum atomic E-state index is 9.87. The van der Waals surface area contributed by atoms with Gasteiger partial charge in [0.25, 0.3) is 0 Å². The number of rotatable bonds is 6. The van der Waals surface area contributed by atoms with Gasteiger partial charge in [-0.15, -0.1) is 0 Å². The molecule has 1 aromatic heterocycles. The monoisotopic (exact) mass is 263 g/mol. The summed E-state index contributed by atoms with van der Waals surface area (Å²) in [6, 6.07) is 4.74. The maximum Gasteiger partial charge on any atom is 0.117 e. The molecule has 0 aromatic carbocycles. The van der Waals surface area contributed by atoms with E-state index < -0.39 is 0 Å². The molecule has 3 heteroatoms. The lowest BCUT2D eigenvalue weighted by atomic mass is 9.74. The van der Waals surface area contributed by atoms with Crippen molar-refractivity contribution in [3.8, 4) is 0 Å². The fraction of sp³-hybridized carbons (Fsp3) is 0.750. The van der Waals surface area contributed by atoms with Crippen LogP contribution in [0.3, 0.4) is 0 Å². The van der Waals surface area contributed by atoms with E-state index in [0.717, 1.165) is 24.9 Å². The SMILES string of the molecule is OCC1(CN(Cc2ccco2)C2CC2)CCCCC1. The average Bonchev–Trinajstić information content (AvgIpc) is 3.18. The molecule has 19 heavy (non-hydrogen) atoms. The predicted molar refractivity (Wildman–Crippen MR) is 74.7 cm³/mol. The Labute approximate surface area is 115 Å². The highest BCUT2D eigenvalue weighted by Crippen LogP contribution is 2.39. The van der Waals surface area contributed by atoms with Crippen LogP contribution in [-0.4, -0.2) is 29.2 Å². The number of aliphatic hydroxyl groups excluding tert-OH is 1. The third kappa shape index (κ3) is 3.21. The van der Waals surface area contributed by atoms with Gasteiger partial charge >= 0.3 is 0 Å². The highest BCUT2D eigenvalue weighted by molar-refractivity contribution is 5.01. The highest BCUT2D eigenvalue weighted by Gasteiger charge is 2.38. The Balaban J connectivity index is 1.66. The minimum atomic E-state index is 0.146. The normalized spacial score (nSPS) is 22.8. The maximum absolute atomic E-state index is 9.87. The summed E-state index contributed by atoms with van der Waals surface area (Å²) < 4.78 is 5.49. The van der Waals surface area contributed by atoms with Crippen LogP contribution in [0.25, 0.3) is 0 Å². The first-order chi connectivity index (χ1) is 9.31. The Morgan fingerprint density at radius 1 is 1.26 bits per heavy atom. The minimum absolute atomic E-state index is 0.146. The lowest BCUT2D eigenvalue weighted by molar-refractivity contribution is 0.0325. The van der Waals surface area contributed by atoms with Crippen molar-refractivity contribution < 1.29 is 9.52 Å². The number of aliphatic hydroxyl groups is 1. The van der Waals surface area contributed by atoms with Gasteiger partial charge in [0.2, 0.25) is 0 Å². The van der Waals surface area contributed by atoms with Gasteiger partial charge in [-0.25, -0.2) is 0 Å². The van der Waals surface area contributed by atoms with Crippen molar-refractivity contribution >= 4 is 0 Å². The van der Waals surface area contributed by atoms with Gasteiger partial charge in [-0.3, -0.25) is 4.90 Å². The molecule has 2 aliphatic rings. The molecule has 1 heterocycles. The number of hydrogen-bond donors (Lipinski definition) is 1. The molecule has 0 aliphatic heterocycles. The Morgan fingerprint density at radius 3 is 2.63 bits per heavy atom. The summed E-state index contributed by atoms with van der Waals surface area (Å²) in [4.78, 5) is 2.54. The summed E-state index contributed by atoms with van der Waals surface area (Å²) in [6.07, 6.45) is 10.6. The molecule has 0 amide bonds. The van der Waals surface area contributed by atoms with E-state index in [2.05, 4.69) is 11.0 Å². The third-order valence-corrected chi connectivity index (χ3v) is 4.79. The van der Waals surface area contributed by atoms with E-state index in [0.29, 0.717) is 6.61 Å². The third-order valence-electron chi connectivity index (χ3n) is 4.79. The van der Waals surface area contributed by atoms with Gasteiger partial charge in [-0.1, -0.05) is 19.3 Å². The molecule has 1 aromatic rings. The molecule has 1 N–H and O–H groups in total. The van der Waals surface area contributed by atoms with Gasteiger partial charge in [0.1, 0.15) is 5.76 Å². The summed E-state index contributed by atoms with van der Waals surface area (Å²) in [6.45, 7) is 2.28. The first-order valence-corrected chi connectivity index (χ1v) is 7.69. The summed E-state index contributed by atoms with van der Waals surface area (Å²) in [5.41, 5.74) is 0.146. The van der Waals surface area contributed by atoms with Crippen molar-refractivity contribution in [3.05, 3.63) is 24.2 Å². The van der Waals surface area contributed by atoms with Gasteiger partial charge < -0.3 is 9.52 Å². The van der Waals surface area contributed by atoms with Gasteiger partial charge in [-0.2, -0.15) is 0 Å². The summed E-state index contributed by atoms with van der Waals surface area (Å²) >= 11 is 0. The van der Waals surface area contributed by atoms with E-state index >= 15 is 0 Å². The number of hydrogen-bond acceptors (Lipinski definition) is 3. The Hall–Kier alpha value is -0.800. The van der Waals surface area contributed by atoms with E-state index in [1.807, 2.05) is 6.07 Å². The van der Waals surface area contributed by atoms with Crippen molar-refractivity contribution in [2.45, 2.75) is 57.5 Å². The molecule has 2 aliphatic carbocycles. The molecule has 0 saturated heterocycles. The van der Waals surface area contributed by atoms with Crippen molar-refractivity contribution in [2.24, 2.45) is 5.41 Å². The molecule has 3 rings (SSSR count). The number of furan rings is 1. The second kappa shape index (κ2) is 5.68. The first kappa shape index (κ1) is 13.2. The second-order valence-corrected chi connectivity index (χ2v) is 6.43. The van der Waals surface area contributed by atoms with E-state index in [-0.39, 0.29) is 5.41 Å². The van der Waals surface area contributed by atoms with Crippen LogP contribution in [0.4, 0.5) is 0 Å². The van der Waals surface area contributed by atoms with Crippen LogP contribution in [0.1, 0.15) is 50.7 Å². The van der Waals surface area contributed by atoms with Crippen molar-refractivity contribution in [1.29, 1.82) is 0 Å². The lowest BCUT2D eigenvalue weighted by Crippen LogP contribution is -2.42. The zero-order valence-corrected chi connectivity index (χ0v) is 11.7. The van der Waals surface area contributed by atoms with Gasteiger partial charge in [0.05, 0.1) is 12.8 Å². The van der Waals surface area contributed by atoms with E-state index in [1.165, 1.54) is 44.9 Å². The molecule has 0 atom stereocenters. The zero-order chi connectivity index (χ0) is 13.1. The quantitative estimate of drug-likeness (QED) is 0.856. The summed E-state index contributed by atoms with van der Waals surface area (Å²) in [7, 11) is 0. The first-order valence-electron chi connectivity index (χ1n) is 7.69. The van der Waals surface area contributed by atoms with Gasteiger partial charge in [0.15, 0.2) is 0 Å². The topological polar surface area (TPSA) is 36.6 Å². The van der Waals surface area contributed by atoms with E-state index in [1.54, 1.807) is 6.26 Å². The molecule has 0 unspecified atom stereocenters. The largest absolute Gasteiger partial charge is 0.468 e. The van der Waals surface area contributed by atoms with Crippen molar-refractivity contribution in [1.82, 2.24) is 4.90 Å². The fourth-order valence-corrected chi connectivity index (χ4v) is 3.46. The van der Waals surface area contributed by atoms with Crippen LogP contribution in [0.2, 0.25) is 0 Å². The molecular weight excluding hydrogens is 238 g/mol. The van der Waals surface area contributed by atoms with Crippen molar-refractivity contribution in [3.63, 3.8) is 0 Å². The Morgan fingerprint density at radius 2 is 2.05 bits per heavy atom. The molecule has 2 fully saturated rings. The van der Waals surface area contributed by atoms with E-state index in [9.17, 15) is 5.11 Å². The summed E-state index contributed by atoms with van der Waals surface area (Å²) in [5.74, 6) is 1.05. The smallest absolute Gasteiger partial charge is 0.117 e. The highest BCUT2D eigenvalue weighted by atomic mass is 16.3. The number of nitrogens with zero attached hydrogens (tertiary/aromatic N) is 1. The molecular formula is C16H25NO2. The van der Waals surface area contributed by atoms with E-state index in [4.69, 9.17) is 4.42 Å². The molecule has 0 bridgehead atoms. The molecule has 0 radical (unpaired) electrons. The van der Waals surface area contributed by atoms with Crippen LogP contribution in [0.5, 0.6) is 0 Å². The molecule has 0 spiro atoms. The predicted octanol–water partition coefficient (Wildman–Crippen LogP) is 3.19. The van der Waals surface area contributed by atoms with Crippen LogP contribution < -0.4 is 0 Å². The minimum Gasteiger partial charge on any atom is -0.468 e. The van der Waals surface area contributed by atoms with Crippen LogP contribution in [0.15, 0.2) is 22.8 Å². The van der Waals surface area contributed by atoms with Crippen LogP contribution >= 0.6 is 0 Å². The standard InChI is InChI=1S/C16H25NO2/c18-13-16(8-2-1-3-9-16)12-17(14-6-7-14)11-15-5-4-10-19-15/h4-5,10,14,18H,1-3,6-9,11-13H2. The lowest BCUT2D eigenvalue weighted by Gasteiger charge is -2.40. The molecule has 2 saturated carbocycles. The Bertz CT molecular complexity index is 377. The van der Waals surface area contributed by atoms with Gasteiger partial charge in [0, 0.05) is 24.6 Å². The molecule has 106 valence electrons.